The number of aliphatic imine (C=N–C) groups is 1. The average Bonchev–Trinajstić information content (AvgIpc) is 3.33. The Morgan fingerprint density at radius 2 is 2.07 bits per heavy atom. The van der Waals surface area contributed by atoms with Crippen LogP contribution in [0.3, 0.4) is 0 Å². The van der Waals surface area contributed by atoms with Crippen LogP contribution in [-0.4, -0.2) is 34.9 Å². The average molecular weight is 380 g/mol. The van der Waals surface area contributed by atoms with Crippen LogP contribution in [0.15, 0.2) is 35.3 Å². The molecule has 1 aromatic heterocycles. The molecule has 0 bridgehead atoms. The van der Waals surface area contributed by atoms with Gasteiger partial charge in [-0.05, 0) is 44.7 Å². The van der Waals surface area contributed by atoms with E-state index in [1.807, 2.05) is 30.3 Å². The highest BCUT2D eigenvalue weighted by atomic mass is 15.3. The first kappa shape index (κ1) is 19.7. The van der Waals surface area contributed by atoms with Crippen molar-refractivity contribution in [2.75, 3.05) is 18.8 Å². The Bertz CT molecular complexity index is 826. The van der Waals surface area contributed by atoms with E-state index in [9.17, 15) is 5.26 Å². The van der Waals surface area contributed by atoms with E-state index in [0.717, 1.165) is 30.3 Å². The van der Waals surface area contributed by atoms with Crippen LogP contribution >= 0.6 is 0 Å². The summed E-state index contributed by atoms with van der Waals surface area (Å²) in [7, 11) is 0. The number of hydrogen-bond acceptors (Lipinski definition) is 4. The van der Waals surface area contributed by atoms with Gasteiger partial charge in [0.25, 0.3) is 0 Å². The van der Waals surface area contributed by atoms with Crippen molar-refractivity contribution in [3.8, 4) is 11.8 Å². The summed E-state index contributed by atoms with van der Waals surface area (Å²) in [5.74, 6) is 1.27. The number of nitrogens with zero attached hydrogens (tertiary/aromatic N) is 4. The van der Waals surface area contributed by atoms with Crippen molar-refractivity contribution in [3.05, 3.63) is 41.6 Å². The lowest BCUT2D eigenvalue weighted by Gasteiger charge is -2.16. The molecule has 0 amide bonds. The first-order valence-corrected chi connectivity index (χ1v) is 10.1. The van der Waals surface area contributed by atoms with Crippen molar-refractivity contribution in [2.24, 2.45) is 4.99 Å². The second-order valence-corrected chi connectivity index (χ2v) is 7.06. The molecule has 0 atom stereocenters. The third-order valence-electron chi connectivity index (χ3n) is 4.99. The maximum Gasteiger partial charge on any atom is 0.191 e. The number of para-hydroxylation sites is 1. The fourth-order valence-corrected chi connectivity index (χ4v) is 3.56. The Labute approximate surface area is 166 Å². The zero-order valence-electron chi connectivity index (χ0n) is 16.5. The number of aryl methyl sites for hydroxylation is 1. The molecule has 148 valence electrons. The molecule has 3 rings (SSSR count). The number of aromatic nitrogens is 2. The summed E-state index contributed by atoms with van der Waals surface area (Å²) in [5, 5.41) is 20.9. The van der Waals surface area contributed by atoms with Gasteiger partial charge in [0.2, 0.25) is 0 Å². The first-order chi connectivity index (χ1) is 13.7. The highest BCUT2D eigenvalue weighted by Gasteiger charge is 2.17. The van der Waals surface area contributed by atoms with Crippen molar-refractivity contribution in [3.63, 3.8) is 0 Å². The number of nitrogens with two attached hydrogens (primary N) is 1. The maximum atomic E-state index is 9.50. The molecular formula is C21H29N7. The van der Waals surface area contributed by atoms with Gasteiger partial charge in [0.15, 0.2) is 5.96 Å². The van der Waals surface area contributed by atoms with Crippen LogP contribution < -0.4 is 16.4 Å². The third kappa shape index (κ3) is 4.83. The highest BCUT2D eigenvalue weighted by molar-refractivity contribution is 5.80. The predicted octanol–water partition coefficient (Wildman–Crippen LogP) is 2.76. The molecule has 0 radical (unpaired) electrons. The van der Waals surface area contributed by atoms with Crippen LogP contribution in [0.5, 0.6) is 0 Å². The van der Waals surface area contributed by atoms with Gasteiger partial charge in [-0.3, -0.25) is 4.99 Å². The molecule has 0 unspecified atom stereocenters. The summed E-state index contributed by atoms with van der Waals surface area (Å²) < 4.78 is 1.64. The van der Waals surface area contributed by atoms with E-state index in [-0.39, 0.29) is 0 Å². The van der Waals surface area contributed by atoms with Gasteiger partial charge in [0, 0.05) is 19.1 Å². The van der Waals surface area contributed by atoms with Gasteiger partial charge in [0.1, 0.15) is 17.5 Å². The molecule has 2 aromatic rings. The molecule has 0 spiro atoms. The van der Waals surface area contributed by atoms with E-state index in [0.29, 0.717) is 30.4 Å². The minimum absolute atomic E-state index is 0.392. The Hall–Kier alpha value is -3.01. The zero-order chi connectivity index (χ0) is 19.8. The second kappa shape index (κ2) is 9.79. The molecule has 1 aliphatic rings. The molecule has 1 fully saturated rings. The lowest BCUT2D eigenvalue weighted by molar-refractivity contribution is 0.613. The molecule has 0 saturated heterocycles. The quantitative estimate of drug-likeness (QED) is 0.390. The van der Waals surface area contributed by atoms with E-state index in [1.54, 1.807) is 4.68 Å². The lowest BCUT2D eigenvalue weighted by Crippen LogP contribution is -2.42. The number of nitrogens with one attached hydrogen (secondary N) is 2. The zero-order valence-corrected chi connectivity index (χ0v) is 16.5. The number of rotatable bonds is 7. The fourth-order valence-electron chi connectivity index (χ4n) is 3.56. The smallest absolute Gasteiger partial charge is 0.191 e. The summed E-state index contributed by atoms with van der Waals surface area (Å²) in [6.45, 7) is 3.59. The van der Waals surface area contributed by atoms with E-state index in [1.165, 1.54) is 25.7 Å². The highest BCUT2D eigenvalue weighted by Crippen LogP contribution is 2.21. The minimum Gasteiger partial charge on any atom is -0.382 e. The van der Waals surface area contributed by atoms with Gasteiger partial charge < -0.3 is 16.4 Å². The fraction of sp³-hybridized carbons (Fsp3) is 0.476. The molecule has 7 nitrogen and oxygen atoms in total. The Kier molecular flexibility index (Phi) is 6.90. The predicted molar refractivity (Wildman–Crippen MR) is 112 cm³/mol. The number of nitrogen functional groups attached to an aromatic ring is 1. The van der Waals surface area contributed by atoms with Crippen molar-refractivity contribution in [1.29, 1.82) is 5.26 Å². The van der Waals surface area contributed by atoms with Crippen LogP contribution in [0.1, 0.15) is 50.3 Å². The number of nitriles is 1. The van der Waals surface area contributed by atoms with Gasteiger partial charge in [-0.2, -0.15) is 10.4 Å². The SMILES string of the molecule is CCNC(=NCCCc1nn(-c2ccccc2)c(N)c1C#N)NC1CCCC1. The van der Waals surface area contributed by atoms with Crippen LogP contribution in [0, 0.1) is 11.3 Å². The summed E-state index contributed by atoms with van der Waals surface area (Å²) in [5.41, 5.74) is 8.21. The van der Waals surface area contributed by atoms with Crippen LogP contribution in [0.4, 0.5) is 5.82 Å². The van der Waals surface area contributed by atoms with Crippen molar-refractivity contribution < 1.29 is 0 Å². The van der Waals surface area contributed by atoms with Gasteiger partial charge in [-0.1, -0.05) is 31.0 Å². The van der Waals surface area contributed by atoms with Crippen LogP contribution in [-0.2, 0) is 6.42 Å². The molecule has 1 saturated carbocycles. The summed E-state index contributed by atoms with van der Waals surface area (Å²) >= 11 is 0. The third-order valence-corrected chi connectivity index (χ3v) is 4.99. The van der Waals surface area contributed by atoms with Crippen LogP contribution in [0.25, 0.3) is 5.69 Å². The van der Waals surface area contributed by atoms with Gasteiger partial charge >= 0.3 is 0 Å². The summed E-state index contributed by atoms with van der Waals surface area (Å²) in [6.07, 6.45) is 6.48. The Morgan fingerprint density at radius 3 is 2.75 bits per heavy atom. The van der Waals surface area contributed by atoms with E-state index in [2.05, 4.69) is 33.7 Å². The molecule has 1 heterocycles. The van der Waals surface area contributed by atoms with Gasteiger partial charge in [0.05, 0.1) is 11.4 Å². The number of hydrogen-bond donors (Lipinski definition) is 3. The standard InChI is InChI=1S/C21H29N7/c1-2-24-21(26-16-9-6-7-10-16)25-14-8-13-19-18(15-22)20(23)28(27-19)17-11-4-3-5-12-17/h3-5,11-12,16H,2,6-10,13-14,23H2,1H3,(H2,24,25,26). The number of guanidine groups is 1. The van der Waals surface area contributed by atoms with Crippen molar-refractivity contribution >= 4 is 11.8 Å². The van der Waals surface area contributed by atoms with E-state index >= 15 is 0 Å². The molecule has 4 N–H and O–H groups in total. The van der Waals surface area contributed by atoms with Gasteiger partial charge in [-0.15, -0.1) is 0 Å². The van der Waals surface area contributed by atoms with E-state index < -0.39 is 0 Å². The van der Waals surface area contributed by atoms with Crippen LogP contribution in [0.2, 0.25) is 0 Å². The number of anilines is 1. The topological polar surface area (TPSA) is 104 Å². The Morgan fingerprint density at radius 1 is 1.32 bits per heavy atom. The summed E-state index contributed by atoms with van der Waals surface area (Å²) in [6, 6.07) is 12.4. The molecule has 1 aromatic carbocycles. The second-order valence-electron chi connectivity index (χ2n) is 7.06. The molecular weight excluding hydrogens is 350 g/mol. The lowest BCUT2D eigenvalue weighted by atomic mass is 10.1. The summed E-state index contributed by atoms with van der Waals surface area (Å²) in [4.78, 5) is 4.68. The Balaban J connectivity index is 1.63. The number of benzene rings is 1. The monoisotopic (exact) mass is 379 g/mol. The van der Waals surface area contributed by atoms with Crippen molar-refractivity contribution in [1.82, 2.24) is 20.4 Å². The minimum atomic E-state index is 0.392. The largest absolute Gasteiger partial charge is 0.382 e. The van der Waals surface area contributed by atoms with Crippen molar-refractivity contribution in [2.45, 2.75) is 51.5 Å². The molecule has 7 heteroatoms. The van der Waals surface area contributed by atoms with Gasteiger partial charge in [-0.25, -0.2) is 4.68 Å². The molecule has 28 heavy (non-hydrogen) atoms. The molecule has 0 aliphatic heterocycles. The maximum absolute atomic E-state index is 9.50. The normalized spacial score (nSPS) is 14.8. The first-order valence-electron chi connectivity index (χ1n) is 10.1. The molecule has 1 aliphatic carbocycles. The van der Waals surface area contributed by atoms with E-state index in [4.69, 9.17) is 5.73 Å².